The fourth-order valence-corrected chi connectivity index (χ4v) is 6.76. The van der Waals surface area contributed by atoms with Gasteiger partial charge in [0.25, 0.3) is 0 Å². The third-order valence-electron chi connectivity index (χ3n) is 8.31. The number of phenolic OH excluding ortho intramolecular Hbond substituents is 1. The van der Waals surface area contributed by atoms with Crippen LogP contribution in [0.25, 0.3) is 33.3 Å². The van der Waals surface area contributed by atoms with E-state index in [0.717, 1.165) is 76.3 Å². The first-order valence-electron chi connectivity index (χ1n) is 13.0. The molecule has 7 nitrogen and oxygen atoms in total. The number of hydrogen-bond acceptors (Lipinski definition) is 5. The highest BCUT2D eigenvalue weighted by molar-refractivity contribution is 6.36. The van der Waals surface area contributed by atoms with Gasteiger partial charge in [0.05, 0.1) is 11.4 Å². The van der Waals surface area contributed by atoms with Crippen molar-refractivity contribution >= 4 is 40.2 Å². The number of nitrogens with one attached hydrogen (secondary N) is 2. The molecule has 1 spiro atoms. The second-order valence-electron chi connectivity index (χ2n) is 10.8. The Morgan fingerprint density at radius 2 is 2.00 bits per heavy atom. The van der Waals surface area contributed by atoms with E-state index in [-0.39, 0.29) is 23.0 Å². The Hall–Kier alpha value is -4.10. The van der Waals surface area contributed by atoms with E-state index in [2.05, 4.69) is 16.5 Å². The van der Waals surface area contributed by atoms with Crippen LogP contribution in [-0.4, -0.2) is 51.8 Å². The van der Waals surface area contributed by atoms with Crippen LogP contribution in [0.4, 0.5) is 5.69 Å². The molecule has 1 amide bonds. The molecule has 0 atom stereocenters. The van der Waals surface area contributed by atoms with Gasteiger partial charge in [-0.05, 0) is 54.6 Å². The van der Waals surface area contributed by atoms with E-state index in [9.17, 15) is 9.90 Å². The van der Waals surface area contributed by atoms with Crippen molar-refractivity contribution in [3.05, 3.63) is 77.6 Å². The number of aromatic hydroxyl groups is 1. The summed E-state index contributed by atoms with van der Waals surface area (Å²) in [5, 5.41) is 24.1. The topological polar surface area (TPSA) is 94.2 Å². The monoisotopic (exact) mass is 539 g/mol. The minimum absolute atomic E-state index is 0.00898. The van der Waals surface area contributed by atoms with Crippen molar-refractivity contribution in [3.8, 4) is 28.3 Å². The summed E-state index contributed by atoms with van der Waals surface area (Å²) in [4.78, 5) is 19.1. The van der Waals surface area contributed by atoms with Gasteiger partial charge in [0.1, 0.15) is 11.6 Å². The molecule has 2 fully saturated rings. The fraction of sp³-hybridized carbons (Fsp3) is 0.258. The van der Waals surface area contributed by atoms with E-state index in [1.54, 1.807) is 12.1 Å². The van der Waals surface area contributed by atoms with Crippen LogP contribution in [-0.2, 0) is 11.8 Å². The molecule has 1 saturated heterocycles. The van der Waals surface area contributed by atoms with Crippen LogP contribution in [0, 0.1) is 10.8 Å². The molecule has 2 aliphatic rings. The first kappa shape index (κ1) is 25.2. The Kier molecular flexibility index (Phi) is 5.99. The van der Waals surface area contributed by atoms with Gasteiger partial charge in [-0.3, -0.25) is 4.79 Å². The van der Waals surface area contributed by atoms with Gasteiger partial charge >= 0.3 is 0 Å². The zero-order valence-electron chi connectivity index (χ0n) is 22.0. The van der Waals surface area contributed by atoms with Gasteiger partial charge in [-0.15, -0.1) is 0 Å². The van der Waals surface area contributed by atoms with Crippen LogP contribution in [0.5, 0.6) is 5.75 Å². The number of hydrogen-bond donors (Lipinski definition) is 3. The number of aromatic nitrogens is 2. The average molecular weight is 540 g/mol. The van der Waals surface area contributed by atoms with E-state index in [0.29, 0.717) is 5.02 Å². The molecule has 1 aromatic heterocycles. The van der Waals surface area contributed by atoms with Gasteiger partial charge < -0.3 is 25.3 Å². The Bertz CT molecular complexity index is 1660. The highest BCUT2D eigenvalue weighted by Gasteiger charge is 2.54. The lowest BCUT2D eigenvalue weighted by molar-refractivity contribution is -0.146. The Labute approximate surface area is 232 Å². The summed E-state index contributed by atoms with van der Waals surface area (Å²) < 4.78 is 2.13. The standard InChI is InChI=1S/C31H30ClN5O2/c1-4-26(39)37-16-31(17-37)13-21(14-31)30-35-28(19-8-9-25(34-2)20(10-19)15-33)29(36(30)3)23-12-22(38)11-18-6-5-7-24(32)27(18)23/h4-12,15,21,33-34,38H,1,13-14,16-17H2,2-3H3. The summed E-state index contributed by atoms with van der Waals surface area (Å²) in [6.07, 6.45) is 4.64. The van der Waals surface area contributed by atoms with Gasteiger partial charge in [0.2, 0.25) is 5.91 Å². The molecule has 0 radical (unpaired) electrons. The fourth-order valence-electron chi connectivity index (χ4n) is 6.48. The van der Waals surface area contributed by atoms with E-state index < -0.39 is 0 Å². The molecule has 3 N–H and O–H groups in total. The number of imidazole rings is 1. The Balaban J connectivity index is 1.49. The molecule has 39 heavy (non-hydrogen) atoms. The smallest absolute Gasteiger partial charge is 0.245 e. The van der Waals surface area contributed by atoms with E-state index in [4.69, 9.17) is 22.0 Å². The molecule has 6 rings (SSSR count). The summed E-state index contributed by atoms with van der Waals surface area (Å²) in [5.74, 6) is 1.37. The number of halogens is 1. The average Bonchev–Trinajstić information content (AvgIpc) is 3.22. The van der Waals surface area contributed by atoms with Gasteiger partial charge in [0, 0.05) is 77.5 Å². The lowest BCUT2D eigenvalue weighted by atomic mass is 9.57. The summed E-state index contributed by atoms with van der Waals surface area (Å²) in [7, 11) is 3.86. The summed E-state index contributed by atoms with van der Waals surface area (Å²) >= 11 is 6.74. The number of rotatable bonds is 6. The van der Waals surface area contributed by atoms with Crippen molar-refractivity contribution in [1.82, 2.24) is 14.5 Å². The largest absolute Gasteiger partial charge is 0.508 e. The van der Waals surface area contributed by atoms with Crippen LogP contribution < -0.4 is 5.32 Å². The summed E-state index contributed by atoms with van der Waals surface area (Å²) in [5.41, 5.74) is 5.11. The van der Waals surface area contributed by atoms with Crippen LogP contribution in [0.3, 0.4) is 0 Å². The number of benzene rings is 3. The van der Waals surface area contributed by atoms with Gasteiger partial charge in [0.15, 0.2) is 0 Å². The number of carbonyl (C=O) groups is 1. The van der Waals surface area contributed by atoms with Gasteiger partial charge in [-0.2, -0.15) is 0 Å². The number of carbonyl (C=O) groups excluding carboxylic acids is 1. The Morgan fingerprint density at radius 3 is 2.69 bits per heavy atom. The maximum atomic E-state index is 12.0. The quantitative estimate of drug-likeness (QED) is 0.201. The first-order valence-corrected chi connectivity index (χ1v) is 13.4. The van der Waals surface area contributed by atoms with Gasteiger partial charge in [-0.25, -0.2) is 4.98 Å². The molecule has 198 valence electrons. The minimum Gasteiger partial charge on any atom is -0.508 e. The van der Waals surface area contributed by atoms with Crippen molar-refractivity contribution < 1.29 is 9.90 Å². The number of nitrogens with zero attached hydrogens (tertiary/aromatic N) is 3. The van der Waals surface area contributed by atoms with Gasteiger partial charge in [-0.1, -0.05) is 36.4 Å². The highest BCUT2D eigenvalue weighted by Crippen LogP contribution is 2.56. The number of amides is 1. The molecule has 1 aliphatic heterocycles. The molecule has 2 heterocycles. The van der Waals surface area contributed by atoms with E-state index >= 15 is 0 Å². The number of fused-ring (bicyclic) bond motifs is 1. The zero-order chi connectivity index (χ0) is 27.5. The minimum atomic E-state index is -0.00898. The van der Waals surface area contributed by atoms with Crippen molar-refractivity contribution in [2.45, 2.75) is 18.8 Å². The van der Waals surface area contributed by atoms with E-state index in [1.165, 1.54) is 12.3 Å². The third-order valence-corrected chi connectivity index (χ3v) is 8.62. The SMILES string of the molecule is C=CC(=O)N1CC2(CC(c3nc(-c4ccc(NC)c(C=N)c4)c(-c4cc(O)cc5cccc(Cl)c45)n3C)C2)C1. The second-order valence-corrected chi connectivity index (χ2v) is 11.2. The van der Waals surface area contributed by atoms with E-state index in [1.807, 2.05) is 55.4 Å². The lowest BCUT2D eigenvalue weighted by Crippen LogP contribution is -2.63. The van der Waals surface area contributed by atoms with Crippen LogP contribution in [0.1, 0.15) is 30.1 Å². The summed E-state index contributed by atoms with van der Waals surface area (Å²) in [6.45, 7) is 5.13. The molecule has 1 saturated carbocycles. The lowest BCUT2D eigenvalue weighted by Gasteiger charge is -2.58. The maximum Gasteiger partial charge on any atom is 0.245 e. The molecule has 8 heteroatoms. The maximum absolute atomic E-state index is 12.0. The molecular weight excluding hydrogens is 510 g/mol. The van der Waals surface area contributed by atoms with Crippen LogP contribution >= 0.6 is 11.6 Å². The summed E-state index contributed by atoms with van der Waals surface area (Å²) in [6, 6.07) is 15.1. The number of anilines is 1. The van der Waals surface area contributed by atoms with Crippen LogP contribution in [0.2, 0.25) is 5.02 Å². The van der Waals surface area contributed by atoms with Crippen LogP contribution in [0.15, 0.2) is 61.2 Å². The predicted octanol–water partition coefficient (Wildman–Crippen LogP) is 6.20. The molecule has 0 bridgehead atoms. The first-order chi connectivity index (χ1) is 18.8. The Morgan fingerprint density at radius 1 is 1.23 bits per heavy atom. The zero-order valence-corrected chi connectivity index (χ0v) is 22.7. The second kappa shape index (κ2) is 9.27. The predicted molar refractivity (Wildman–Crippen MR) is 157 cm³/mol. The molecule has 3 aromatic carbocycles. The van der Waals surface area contributed by atoms with Crippen molar-refractivity contribution in [2.75, 3.05) is 25.5 Å². The number of likely N-dealkylation sites (tertiary alicyclic amines) is 1. The third kappa shape index (κ3) is 4.00. The van der Waals surface area contributed by atoms with Crippen molar-refractivity contribution in [2.24, 2.45) is 12.5 Å². The van der Waals surface area contributed by atoms with Crippen molar-refractivity contribution in [3.63, 3.8) is 0 Å². The highest BCUT2D eigenvalue weighted by atomic mass is 35.5. The van der Waals surface area contributed by atoms with Crippen molar-refractivity contribution in [1.29, 1.82) is 5.41 Å². The molecule has 0 unspecified atom stereocenters. The number of phenols is 1. The molecule has 4 aromatic rings. The molecule has 1 aliphatic carbocycles. The normalized spacial score (nSPS) is 16.1. The molecular formula is C31H30ClN5O2.